The van der Waals surface area contributed by atoms with E-state index in [4.69, 9.17) is 9.47 Å². The molecule has 0 atom stereocenters. The quantitative estimate of drug-likeness (QED) is 0.495. The molecule has 172 valence electrons. The van der Waals surface area contributed by atoms with Crippen molar-refractivity contribution >= 4 is 12.2 Å². The summed E-state index contributed by atoms with van der Waals surface area (Å²) >= 11 is 0. The van der Waals surface area contributed by atoms with Gasteiger partial charge in [-0.1, -0.05) is 72.8 Å². The van der Waals surface area contributed by atoms with E-state index in [1.807, 2.05) is 30.3 Å². The van der Waals surface area contributed by atoms with Crippen LogP contribution in [0.15, 0.2) is 78.9 Å². The van der Waals surface area contributed by atoms with Crippen LogP contribution in [0.2, 0.25) is 0 Å². The van der Waals surface area contributed by atoms with Gasteiger partial charge >= 0.3 is 18.4 Å². The third kappa shape index (κ3) is 7.57. The molecule has 0 aliphatic rings. The highest BCUT2D eigenvalue weighted by Crippen LogP contribution is 2.32. The van der Waals surface area contributed by atoms with E-state index in [1.54, 1.807) is 47.8 Å². The third-order valence-electron chi connectivity index (χ3n) is 4.47. The smallest absolute Gasteiger partial charge is 0.412 e. The van der Waals surface area contributed by atoms with Crippen LogP contribution >= 0.6 is 0 Å². The van der Waals surface area contributed by atoms with Gasteiger partial charge in [0.1, 0.15) is 18.9 Å². The average Bonchev–Trinajstić information content (AvgIpc) is 2.81. The van der Waals surface area contributed by atoms with E-state index in [1.165, 1.54) is 6.07 Å². The van der Waals surface area contributed by atoms with E-state index in [-0.39, 0.29) is 18.9 Å². The Bertz CT molecular complexity index is 1090. The standard InChI is InChI=1S/C24H21F3N2O4/c25-24(26,27)16-29-23(31)33-21-13-7-6-12-20(21)19-11-5-4-10-18(19)14-28-22(30)32-15-17-8-2-1-3-9-17/h1-13H,14-16H2,(H,28,30)(H,29,31). The van der Waals surface area contributed by atoms with Crippen molar-refractivity contribution in [3.8, 4) is 16.9 Å². The van der Waals surface area contributed by atoms with Gasteiger partial charge in [0.05, 0.1) is 0 Å². The number of para-hydroxylation sites is 1. The Hall–Kier alpha value is -4.01. The molecule has 0 saturated heterocycles. The first-order chi connectivity index (χ1) is 15.8. The maximum atomic E-state index is 12.3. The van der Waals surface area contributed by atoms with Gasteiger partial charge in [0, 0.05) is 12.1 Å². The number of hydrogen-bond acceptors (Lipinski definition) is 4. The fourth-order valence-corrected chi connectivity index (χ4v) is 2.97. The molecular formula is C24H21F3N2O4. The van der Waals surface area contributed by atoms with Crippen molar-refractivity contribution in [2.24, 2.45) is 0 Å². The van der Waals surface area contributed by atoms with Gasteiger partial charge in [-0.05, 0) is 22.8 Å². The van der Waals surface area contributed by atoms with E-state index in [9.17, 15) is 22.8 Å². The molecule has 33 heavy (non-hydrogen) atoms. The van der Waals surface area contributed by atoms with E-state index in [0.29, 0.717) is 16.7 Å². The van der Waals surface area contributed by atoms with Crippen LogP contribution in [-0.2, 0) is 17.9 Å². The van der Waals surface area contributed by atoms with E-state index >= 15 is 0 Å². The van der Waals surface area contributed by atoms with Gasteiger partial charge in [-0.3, -0.25) is 0 Å². The van der Waals surface area contributed by atoms with Crippen molar-refractivity contribution < 1.29 is 32.2 Å². The average molecular weight is 458 g/mol. The van der Waals surface area contributed by atoms with Crippen LogP contribution in [-0.4, -0.2) is 24.9 Å². The molecule has 2 amide bonds. The van der Waals surface area contributed by atoms with Gasteiger partial charge in [0.15, 0.2) is 0 Å². The molecule has 3 aromatic rings. The highest BCUT2D eigenvalue weighted by atomic mass is 19.4. The Kier molecular flexibility index (Phi) is 7.91. The van der Waals surface area contributed by atoms with Crippen LogP contribution < -0.4 is 15.4 Å². The fraction of sp³-hybridized carbons (Fsp3) is 0.167. The summed E-state index contributed by atoms with van der Waals surface area (Å²) < 4.78 is 47.3. The molecule has 0 fully saturated rings. The summed E-state index contributed by atoms with van der Waals surface area (Å²) in [5.41, 5.74) is 2.67. The summed E-state index contributed by atoms with van der Waals surface area (Å²) in [6, 6.07) is 22.7. The lowest BCUT2D eigenvalue weighted by Gasteiger charge is -2.15. The number of halogens is 3. The number of nitrogens with one attached hydrogen (secondary N) is 2. The summed E-state index contributed by atoms with van der Waals surface area (Å²) in [4.78, 5) is 23.9. The normalized spacial score (nSPS) is 10.9. The first-order valence-electron chi connectivity index (χ1n) is 9.96. The molecule has 0 spiro atoms. The first kappa shape index (κ1) is 23.6. The van der Waals surface area contributed by atoms with Gasteiger partial charge in [-0.25, -0.2) is 9.59 Å². The van der Waals surface area contributed by atoms with Gasteiger partial charge in [-0.2, -0.15) is 13.2 Å². The highest BCUT2D eigenvalue weighted by Gasteiger charge is 2.28. The van der Waals surface area contributed by atoms with E-state index in [0.717, 1.165) is 5.56 Å². The minimum Gasteiger partial charge on any atom is -0.445 e. The van der Waals surface area contributed by atoms with Crippen molar-refractivity contribution in [2.45, 2.75) is 19.3 Å². The highest BCUT2D eigenvalue weighted by molar-refractivity contribution is 5.79. The molecule has 3 rings (SSSR count). The van der Waals surface area contributed by atoms with Crippen LogP contribution in [0, 0.1) is 0 Å². The Balaban J connectivity index is 1.67. The molecule has 0 radical (unpaired) electrons. The molecule has 3 aromatic carbocycles. The van der Waals surface area contributed by atoms with Gasteiger partial charge in [0.25, 0.3) is 0 Å². The zero-order valence-corrected chi connectivity index (χ0v) is 17.4. The lowest BCUT2D eigenvalue weighted by molar-refractivity contribution is -0.123. The number of alkyl halides is 3. The molecule has 0 bridgehead atoms. The molecule has 0 unspecified atom stereocenters. The second-order valence-corrected chi connectivity index (χ2v) is 6.93. The predicted molar refractivity (Wildman–Crippen MR) is 115 cm³/mol. The summed E-state index contributed by atoms with van der Waals surface area (Å²) in [6.07, 6.45) is -6.38. The monoisotopic (exact) mass is 458 g/mol. The van der Waals surface area contributed by atoms with Crippen LogP contribution in [0.1, 0.15) is 11.1 Å². The lowest BCUT2D eigenvalue weighted by Crippen LogP contribution is -2.35. The van der Waals surface area contributed by atoms with Crippen molar-refractivity contribution in [3.05, 3.63) is 90.0 Å². The maximum absolute atomic E-state index is 12.3. The van der Waals surface area contributed by atoms with Crippen LogP contribution in [0.25, 0.3) is 11.1 Å². The molecular weight excluding hydrogens is 437 g/mol. The van der Waals surface area contributed by atoms with Crippen molar-refractivity contribution in [1.82, 2.24) is 10.6 Å². The first-order valence-corrected chi connectivity index (χ1v) is 9.96. The van der Waals surface area contributed by atoms with Crippen LogP contribution in [0.5, 0.6) is 5.75 Å². The molecule has 0 aliphatic heterocycles. The molecule has 6 nitrogen and oxygen atoms in total. The number of amides is 2. The lowest BCUT2D eigenvalue weighted by atomic mass is 9.99. The van der Waals surface area contributed by atoms with Crippen LogP contribution in [0.4, 0.5) is 22.8 Å². The summed E-state index contributed by atoms with van der Waals surface area (Å²) in [6.45, 7) is -1.25. The van der Waals surface area contributed by atoms with E-state index < -0.39 is 24.9 Å². The van der Waals surface area contributed by atoms with Crippen molar-refractivity contribution in [2.75, 3.05) is 6.54 Å². The van der Waals surface area contributed by atoms with Crippen molar-refractivity contribution in [3.63, 3.8) is 0 Å². The van der Waals surface area contributed by atoms with Gasteiger partial charge < -0.3 is 20.1 Å². The summed E-state index contributed by atoms with van der Waals surface area (Å²) in [7, 11) is 0. The van der Waals surface area contributed by atoms with Crippen molar-refractivity contribution in [1.29, 1.82) is 0 Å². The minimum atomic E-state index is -4.55. The number of carbonyl (C=O) groups excluding carboxylic acids is 2. The van der Waals surface area contributed by atoms with E-state index in [2.05, 4.69) is 5.32 Å². The number of hydrogen-bond donors (Lipinski definition) is 2. The summed E-state index contributed by atoms with van der Waals surface area (Å²) in [5.74, 6) is 0.0799. The second-order valence-electron chi connectivity index (χ2n) is 6.93. The maximum Gasteiger partial charge on any atom is 0.412 e. The number of benzene rings is 3. The number of carbonyl (C=O) groups is 2. The number of ether oxygens (including phenoxy) is 2. The minimum absolute atomic E-state index is 0.0799. The fourth-order valence-electron chi connectivity index (χ4n) is 2.97. The Morgan fingerprint density at radius 1 is 0.758 bits per heavy atom. The molecule has 9 heteroatoms. The Morgan fingerprint density at radius 2 is 1.39 bits per heavy atom. The molecule has 0 saturated carbocycles. The number of alkyl carbamates (subject to hydrolysis) is 1. The topological polar surface area (TPSA) is 76.7 Å². The Morgan fingerprint density at radius 3 is 2.12 bits per heavy atom. The zero-order valence-electron chi connectivity index (χ0n) is 17.4. The second kappa shape index (κ2) is 11.0. The summed E-state index contributed by atoms with van der Waals surface area (Å²) in [5, 5.41) is 4.34. The SMILES string of the molecule is O=C(NCc1ccccc1-c1ccccc1OC(=O)NCC(F)(F)F)OCc1ccccc1. The van der Waals surface area contributed by atoms with Crippen LogP contribution in [0.3, 0.4) is 0 Å². The molecule has 0 aliphatic carbocycles. The molecule has 0 heterocycles. The predicted octanol–water partition coefficient (Wildman–Crippen LogP) is 5.43. The zero-order chi connectivity index (χ0) is 23.7. The Labute approximate surface area is 188 Å². The molecule has 2 N–H and O–H groups in total. The number of rotatable bonds is 7. The molecule has 0 aromatic heterocycles. The van der Waals surface area contributed by atoms with Gasteiger partial charge in [-0.15, -0.1) is 0 Å². The van der Waals surface area contributed by atoms with Gasteiger partial charge in [0.2, 0.25) is 0 Å². The largest absolute Gasteiger partial charge is 0.445 e. The third-order valence-corrected chi connectivity index (χ3v) is 4.47.